The van der Waals surface area contributed by atoms with E-state index in [-0.39, 0.29) is 35.9 Å². The monoisotopic (exact) mass is 673 g/mol. The SMILES string of the molecule is CCCCN(CCCC)C(=O)C(CCc1cnc(-c2ccc(C(=O)OC)cc2C(=O)c2cccc3c2CC(CO)NC3)[nH]1)N1CCOCC1. The van der Waals surface area contributed by atoms with E-state index >= 15 is 0 Å². The number of rotatable bonds is 16. The fraction of sp³-hybridized carbons (Fsp3) is 0.526. The van der Waals surface area contributed by atoms with E-state index in [0.29, 0.717) is 61.5 Å². The average Bonchev–Trinajstić information content (AvgIpc) is 3.62. The van der Waals surface area contributed by atoms with Crippen LogP contribution >= 0.6 is 0 Å². The molecular weight excluding hydrogens is 622 g/mol. The van der Waals surface area contributed by atoms with Gasteiger partial charge in [-0.3, -0.25) is 14.5 Å². The number of hydrogen-bond donors (Lipinski definition) is 3. The van der Waals surface area contributed by atoms with E-state index in [1.54, 1.807) is 30.5 Å². The maximum Gasteiger partial charge on any atom is 0.337 e. The van der Waals surface area contributed by atoms with Crippen molar-refractivity contribution in [2.24, 2.45) is 0 Å². The highest BCUT2D eigenvalue weighted by molar-refractivity contribution is 6.14. The Morgan fingerprint density at radius 3 is 2.53 bits per heavy atom. The number of esters is 1. The topological polar surface area (TPSA) is 137 Å². The van der Waals surface area contributed by atoms with Crippen molar-refractivity contribution in [3.8, 4) is 11.4 Å². The van der Waals surface area contributed by atoms with Gasteiger partial charge in [0.2, 0.25) is 5.91 Å². The first-order valence-electron chi connectivity index (χ1n) is 17.7. The number of benzene rings is 2. The minimum absolute atomic E-state index is 0.0340. The van der Waals surface area contributed by atoms with E-state index in [9.17, 15) is 19.5 Å². The van der Waals surface area contributed by atoms with Gasteiger partial charge >= 0.3 is 5.97 Å². The second-order valence-corrected chi connectivity index (χ2v) is 13.0. The number of ketones is 1. The first-order valence-corrected chi connectivity index (χ1v) is 17.7. The molecule has 264 valence electrons. The smallest absolute Gasteiger partial charge is 0.337 e. The molecule has 1 amide bonds. The number of carbonyl (C=O) groups is 3. The molecule has 0 saturated carbocycles. The van der Waals surface area contributed by atoms with Crippen LogP contribution in [0.2, 0.25) is 0 Å². The molecule has 1 fully saturated rings. The van der Waals surface area contributed by atoms with Crippen LogP contribution in [0.4, 0.5) is 0 Å². The molecule has 0 radical (unpaired) electrons. The molecule has 5 rings (SSSR count). The van der Waals surface area contributed by atoms with Crippen LogP contribution in [0.1, 0.15) is 89.1 Å². The van der Waals surface area contributed by atoms with Gasteiger partial charge in [0.15, 0.2) is 5.78 Å². The molecule has 3 heterocycles. The van der Waals surface area contributed by atoms with E-state index in [1.165, 1.54) is 7.11 Å². The number of hydrogen-bond acceptors (Lipinski definition) is 9. The number of morpholine rings is 1. The van der Waals surface area contributed by atoms with E-state index in [0.717, 1.165) is 68.7 Å². The number of ether oxygens (including phenoxy) is 2. The molecule has 0 spiro atoms. The fourth-order valence-corrected chi connectivity index (χ4v) is 6.79. The number of amides is 1. The van der Waals surface area contributed by atoms with Gasteiger partial charge in [0.1, 0.15) is 5.82 Å². The molecule has 1 aromatic heterocycles. The molecule has 2 aliphatic heterocycles. The zero-order chi connectivity index (χ0) is 34.8. The number of carbonyl (C=O) groups excluding carboxylic acids is 3. The number of nitrogens with zero attached hydrogens (tertiary/aromatic N) is 3. The summed E-state index contributed by atoms with van der Waals surface area (Å²) >= 11 is 0. The second kappa shape index (κ2) is 17.7. The highest BCUT2D eigenvalue weighted by Gasteiger charge is 2.31. The van der Waals surface area contributed by atoms with Gasteiger partial charge < -0.3 is 29.8 Å². The van der Waals surface area contributed by atoms with Gasteiger partial charge in [-0.15, -0.1) is 0 Å². The number of aliphatic hydroxyl groups is 1. The number of nitrogens with one attached hydrogen (secondary N) is 2. The lowest BCUT2D eigenvalue weighted by Crippen LogP contribution is -2.52. The van der Waals surface area contributed by atoms with Crippen LogP contribution < -0.4 is 5.32 Å². The Morgan fingerprint density at radius 1 is 1.08 bits per heavy atom. The summed E-state index contributed by atoms with van der Waals surface area (Å²) in [7, 11) is 1.31. The Hall–Kier alpha value is -3.90. The van der Waals surface area contributed by atoms with Gasteiger partial charge in [0, 0.05) is 67.3 Å². The summed E-state index contributed by atoms with van der Waals surface area (Å²) in [5.74, 6) is -0.0756. The van der Waals surface area contributed by atoms with E-state index < -0.39 is 5.97 Å². The van der Waals surface area contributed by atoms with Gasteiger partial charge in [-0.1, -0.05) is 44.9 Å². The Kier molecular flexibility index (Phi) is 13.1. The number of imidazole rings is 1. The molecule has 2 atom stereocenters. The van der Waals surface area contributed by atoms with Crippen molar-refractivity contribution in [2.75, 3.05) is 53.1 Å². The van der Waals surface area contributed by atoms with Gasteiger partial charge in [0.05, 0.1) is 38.5 Å². The first kappa shape index (κ1) is 36.4. The number of methoxy groups -OCH3 is 1. The number of H-pyrrole nitrogens is 1. The number of aromatic nitrogens is 2. The molecule has 3 aromatic rings. The molecule has 1 saturated heterocycles. The Labute approximate surface area is 289 Å². The van der Waals surface area contributed by atoms with Gasteiger partial charge in [0.25, 0.3) is 0 Å². The van der Waals surface area contributed by atoms with Crippen molar-refractivity contribution in [1.82, 2.24) is 25.1 Å². The predicted molar refractivity (Wildman–Crippen MR) is 188 cm³/mol. The third kappa shape index (κ3) is 8.83. The van der Waals surface area contributed by atoms with E-state index in [4.69, 9.17) is 9.47 Å². The zero-order valence-electron chi connectivity index (χ0n) is 29.1. The van der Waals surface area contributed by atoms with Gasteiger partial charge in [-0.05, 0) is 61.4 Å². The summed E-state index contributed by atoms with van der Waals surface area (Å²) in [5.41, 5.74) is 4.47. The molecule has 0 aliphatic carbocycles. The summed E-state index contributed by atoms with van der Waals surface area (Å²) < 4.78 is 10.6. The molecule has 11 heteroatoms. The normalized spacial score (nSPS) is 16.9. The van der Waals surface area contributed by atoms with Crippen LogP contribution in [0.3, 0.4) is 0 Å². The number of aliphatic hydroxyl groups excluding tert-OH is 1. The van der Waals surface area contributed by atoms with Crippen molar-refractivity contribution in [2.45, 2.75) is 77.4 Å². The van der Waals surface area contributed by atoms with Gasteiger partial charge in [-0.2, -0.15) is 0 Å². The number of aromatic amines is 1. The van der Waals surface area contributed by atoms with Crippen LogP contribution in [-0.4, -0.2) is 108 Å². The minimum atomic E-state index is -0.536. The second-order valence-electron chi connectivity index (χ2n) is 13.0. The molecule has 49 heavy (non-hydrogen) atoms. The van der Waals surface area contributed by atoms with Crippen LogP contribution in [0.5, 0.6) is 0 Å². The fourth-order valence-electron chi connectivity index (χ4n) is 6.79. The minimum Gasteiger partial charge on any atom is -0.465 e. The maximum atomic E-state index is 14.3. The Bertz CT molecular complexity index is 1570. The third-order valence-corrected chi connectivity index (χ3v) is 9.67. The lowest BCUT2D eigenvalue weighted by atomic mass is 9.87. The van der Waals surface area contributed by atoms with Crippen molar-refractivity contribution < 1.29 is 29.0 Å². The molecule has 2 unspecified atom stereocenters. The summed E-state index contributed by atoms with van der Waals surface area (Å²) in [6.45, 7) is 9.02. The van der Waals surface area contributed by atoms with Gasteiger partial charge in [-0.25, -0.2) is 9.78 Å². The number of unbranched alkanes of at least 4 members (excludes halogenated alkanes) is 2. The van der Waals surface area contributed by atoms with Crippen molar-refractivity contribution in [3.05, 3.63) is 76.1 Å². The molecule has 2 aromatic carbocycles. The Morgan fingerprint density at radius 2 is 1.84 bits per heavy atom. The predicted octanol–water partition coefficient (Wildman–Crippen LogP) is 4.16. The summed E-state index contributed by atoms with van der Waals surface area (Å²) in [5, 5.41) is 13.1. The summed E-state index contributed by atoms with van der Waals surface area (Å²) in [6, 6.07) is 10.2. The Balaban J connectivity index is 1.42. The molecular formula is C38H51N5O6. The highest BCUT2D eigenvalue weighted by atomic mass is 16.5. The lowest BCUT2D eigenvalue weighted by Gasteiger charge is -2.36. The molecule has 11 nitrogen and oxygen atoms in total. The van der Waals surface area contributed by atoms with Crippen LogP contribution in [0.15, 0.2) is 42.6 Å². The maximum absolute atomic E-state index is 14.3. The molecule has 2 aliphatic rings. The first-order chi connectivity index (χ1) is 23.9. The average molecular weight is 674 g/mol. The van der Waals surface area contributed by atoms with Crippen LogP contribution in [-0.2, 0) is 33.7 Å². The standard InChI is InChI=1S/C38H51N5O6/c1-4-6-15-43(16-7-5-2)37(46)34(42-17-19-49-20-18-42)14-12-28-24-40-36(41-28)31-13-11-26(38(47)48-3)21-33(31)35(45)30-10-8-9-27-23-39-29(25-44)22-32(27)30/h8-11,13,21,24,29,34,39,44H,4-7,12,14-20,22-23,25H2,1-3H3,(H,40,41). The summed E-state index contributed by atoms with van der Waals surface area (Å²) in [6.07, 6.45) is 7.54. The van der Waals surface area contributed by atoms with E-state index in [1.807, 2.05) is 17.0 Å². The van der Waals surface area contributed by atoms with Crippen molar-refractivity contribution in [3.63, 3.8) is 0 Å². The number of fused-ring (bicyclic) bond motifs is 1. The van der Waals surface area contributed by atoms with Crippen molar-refractivity contribution in [1.29, 1.82) is 0 Å². The zero-order valence-corrected chi connectivity index (χ0v) is 29.1. The largest absolute Gasteiger partial charge is 0.465 e. The third-order valence-electron chi connectivity index (χ3n) is 9.67. The molecule has 3 N–H and O–H groups in total. The summed E-state index contributed by atoms with van der Waals surface area (Å²) in [4.78, 5) is 53.3. The molecule has 0 bridgehead atoms. The number of aryl methyl sites for hydroxylation is 1. The van der Waals surface area contributed by atoms with Crippen LogP contribution in [0.25, 0.3) is 11.4 Å². The van der Waals surface area contributed by atoms with Crippen molar-refractivity contribution >= 4 is 17.7 Å². The quantitative estimate of drug-likeness (QED) is 0.151. The highest BCUT2D eigenvalue weighted by Crippen LogP contribution is 2.29. The van der Waals surface area contributed by atoms with Crippen LogP contribution in [0, 0.1) is 0 Å². The lowest BCUT2D eigenvalue weighted by molar-refractivity contribution is -0.139. The van der Waals surface area contributed by atoms with E-state index in [2.05, 4.69) is 34.0 Å².